The lowest BCUT2D eigenvalue weighted by atomic mass is 9.95. The zero-order chi connectivity index (χ0) is 15.0. The van der Waals surface area contributed by atoms with Crippen LogP contribution in [0.4, 0.5) is 0 Å². The van der Waals surface area contributed by atoms with E-state index in [1.807, 2.05) is 0 Å². The Hall–Kier alpha value is -1.12. The lowest BCUT2D eigenvalue weighted by Crippen LogP contribution is -2.48. The van der Waals surface area contributed by atoms with Gasteiger partial charge in [0.1, 0.15) is 0 Å². The largest absolute Gasteiger partial charge is 0.481 e. The predicted octanol–water partition coefficient (Wildman–Crippen LogP) is 1.14. The second-order valence-electron chi connectivity index (χ2n) is 5.08. The van der Waals surface area contributed by atoms with Crippen LogP contribution in [-0.4, -0.2) is 34.8 Å². The van der Waals surface area contributed by atoms with Crippen molar-refractivity contribution in [2.75, 3.05) is 0 Å². The van der Waals surface area contributed by atoms with Gasteiger partial charge in [-0.15, -0.1) is 0 Å². The Balaban J connectivity index is 2.33. The molecule has 1 aliphatic rings. The van der Waals surface area contributed by atoms with Crippen LogP contribution in [-0.2, 0) is 21.9 Å². The highest BCUT2D eigenvalue weighted by atomic mass is 35.5. The van der Waals surface area contributed by atoms with E-state index in [-0.39, 0.29) is 16.5 Å². The number of carboxylic acids is 1. The summed E-state index contributed by atoms with van der Waals surface area (Å²) in [4.78, 5) is 11.0. The number of aryl methyl sites for hydroxylation is 1. The molecule has 1 heterocycles. The molecular formula is C11H16ClN3O4S. The molecule has 7 nitrogen and oxygen atoms in total. The van der Waals surface area contributed by atoms with Gasteiger partial charge in [-0.3, -0.25) is 9.48 Å². The van der Waals surface area contributed by atoms with Crippen molar-refractivity contribution >= 4 is 27.6 Å². The highest BCUT2D eigenvalue weighted by Gasteiger charge is 2.41. The first-order valence-corrected chi connectivity index (χ1v) is 8.05. The van der Waals surface area contributed by atoms with E-state index >= 15 is 0 Å². The normalized spacial score (nSPS) is 18.3. The Labute approximate surface area is 122 Å². The third kappa shape index (κ3) is 2.97. The average molecular weight is 322 g/mol. The molecule has 112 valence electrons. The fourth-order valence-corrected chi connectivity index (χ4v) is 4.81. The summed E-state index contributed by atoms with van der Waals surface area (Å²) in [5.41, 5.74) is -0.932. The van der Waals surface area contributed by atoms with E-state index in [4.69, 9.17) is 16.7 Å². The van der Waals surface area contributed by atoms with Gasteiger partial charge in [0, 0.05) is 12.6 Å². The maximum atomic E-state index is 12.4. The molecule has 1 fully saturated rings. The Kier molecular flexibility index (Phi) is 4.08. The first kappa shape index (κ1) is 15.3. The van der Waals surface area contributed by atoms with Crippen LogP contribution in [0.1, 0.15) is 32.1 Å². The molecule has 2 rings (SSSR count). The maximum Gasteiger partial charge on any atom is 0.305 e. The van der Waals surface area contributed by atoms with E-state index in [1.54, 1.807) is 0 Å². The Morgan fingerprint density at radius 1 is 1.55 bits per heavy atom. The van der Waals surface area contributed by atoms with E-state index in [0.29, 0.717) is 12.8 Å². The second kappa shape index (κ2) is 5.34. The first-order valence-electron chi connectivity index (χ1n) is 6.19. The highest BCUT2D eigenvalue weighted by Crippen LogP contribution is 2.34. The van der Waals surface area contributed by atoms with Crippen molar-refractivity contribution in [3.05, 3.63) is 11.2 Å². The summed E-state index contributed by atoms with van der Waals surface area (Å²) in [6, 6.07) is 0. The summed E-state index contributed by atoms with van der Waals surface area (Å²) in [5, 5.41) is 12.7. The number of carboxylic acid groups (broad SMARTS) is 1. The minimum Gasteiger partial charge on any atom is -0.481 e. The monoisotopic (exact) mass is 321 g/mol. The standard InChI is InChI=1S/C11H16ClN3O4S/c1-15-10(8(12)7-13-15)20(18,19)14-11(6-9(16)17)4-2-3-5-11/h7,14H,2-6H2,1H3,(H,16,17). The van der Waals surface area contributed by atoms with Crippen LogP contribution in [0, 0.1) is 0 Å². The minimum absolute atomic E-state index is 0.0171. The number of nitrogens with one attached hydrogen (secondary N) is 1. The van der Waals surface area contributed by atoms with Gasteiger partial charge in [-0.2, -0.15) is 5.10 Å². The molecule has 0 bridgehead atoms. The third-order valence-electron chi connectivity index (χ3n) is 3.50. The number of carbonyl (C=O) groups is 1. The van der Waals surface area contributed by atoms with Crippen molar-refractivity contribution in [1.29, 1.82) is 0 Å². The molecule has 1 aromatic heterocycles. The summed E-state index contributed by atoms with van der Waals surface area (Å²) in [6.45, 7) is 0. The quantitative estimate of drug-likeness (QED) is 0.846. The molecule has 0 unspecified atom stereocenters. The summed E-state index contributed by atoms with van der Waals surface area (Å²) >= 11 is 5.85. The highest BCUT2D eigenvalue weighted by molar-refractivity contribution is 7.89. The molecule has 1 saturated carbocycles. The van der Waals surface area contributed by atoms with Crippen LogP contribution in [0.2, 0.25) is 5.02 Å². The smallest absolute Gasteiger partial charge is 0.305 e. The van der Waals surface area contributed by atoms with Gasteiger partial charge in [-0.05, 0) is 12.8 Å². The molecule has 0 aliphatic heterocycles. The zero-order valence-corrected chi connectivity index (χ0v) is 12.5. The number of hydrogen-bond acceptors (Lipinski definition) is 4. The Morgan fingerprint density at radius 3 is 2.60 bits per heavy atom. The van der Waals surface area contributed by atoms with Crippen molar-refractivity contribution in [2.45, 2.75) is 42.7 Å². The molecule has 0 spiro atoms. The fourth-order valence-electron chi connectivity index (χ4n) is 2.69. The van der Waals surface area contributed by atoms with Gasteiger partial charge in [-0.25, -0.2) is 13.1 Å². The first-order chi connectivity index (χ1) is 9.26. The summed E-state index contributed by atoms with van der Waals surface area (Å²) < 4.78 is 28.5. The van der Waals surface area contributed by atoms with Gasteiger partial charge in [-0.1, -0.05) is 24.4 Å². The number of nitrogens with zero attached hydrogens (tertiary/aromatic N) is 2. The van der Waals surface area contributed by atoms with Gasteiger partial charge in [0.2, 0.25) is 0 Å². The molecular weight excluding hydrogens is 306 g/mol. The lowest BCUT2D eigenvalue weighted by Gasteiger charge is -2.28. The van der Waals surface area contributed by atoms with Crippen molar-refractivity contribution in [2.24, 2.45) is 7.05 Å². The van der Waals surface area contributed by atoms with Crippen LogP contribution in [0.5, 0.6) is 0 Å². The lowest BCUT2D eigenvalue weighted by molar-refractivity contribution is -0.138. The molecule has 1 aliphatic carbocycles. The van der Waals surface area contributed by atoms with Gasteiger partial charge >= 0.3 is 5.97 Å². The Bertz CT molecular complexity index is 600. The van der Waals surface area contributed by atoms with Crippen LogP contribution in [0.3, 0.4) is 0 Å². The van der Waals surface area contributed by atoms with E-state index in [2.05, 4.69) is 9.82 Å². The van der Waals surface area contributed by atoms with Crippen LogP contribution < -0.4 is 4.72 Å². The van der Waals surface area contributed by atoms with E-state index in [0.717, 1.165) is 17.5 Å². The molecule has 1 aromatic rings. The van der Waals surface area contributed by atoms with Gasteiger partial charge in [0.25, 0.3) is 10.0 Å². The molecule has 9 heteroatoms. The van der Waals surface area contributed by atoms with Crippen molar-refractivity contribution in [3.63, 3.8) is 0 Å². The average Bonchev–Trinajstić information content (AvgIpc) is 2.85. The number of sulfonamides is 1. The summed E-state index contributed by atoms with van der Waals surface area (Å²) in [5.74, 6) is -1.02. The number of rotatable bonds is 5. The van der Waals surface area contributed by atoms with E-state index < -0.39 is 21.5 Å². The summed E-state index contributed by atoms with van der Waals surface area (Å²) in [6.07, 6.45) is 3.63. The van der Waals surface area contributed by atoms with Crippen LogP contribution in [0.15, 0.2) is 11.2 Å². The number of halogens is 1. The van der Waals surface area contributed by atoms with Crippen molar-refractivity contribution < 1.29 is 18.3 Å². The molecule has 0 amide bonds. The predicted molar refractivity (Wildman–Crippen MR) is 72.0 cm³/mol. The number of hydrogen-bond donors (Lipinski definition) is 2. The van der Waals surface area contributed by atoms with Crippen LogP contribution >= 0.6 is 11.6 Å². The molecule has 2 N–H and O–H groups in total. The SMILES string of the molecule is Cn1ncc(Cl)c1S(=O)(=O)NC1(CC(=O)O)CCCC1. The number of aromatic nitrogens is 2. The van der Waals surface area contributed by atoms with E-state index in [9.17, 15) is 13.2 Å². The van der Waals surface area contributed by atoms with Gasteiger partial charge < -0.3 is 5.11 Å². The molecule has 0 radical (unpaired) electrons. The van der Waals surface area contributed by atoms with E-state index in [1.165, 1.54) is 13.2 Å². The zero-order valence-electron chi connectivity index (χ0n) is 11.0. The van der Waals surface area contributed by atoms with Crippen molar-refractivity contribution in [1.82, 2.24) is 14.5 Å². The molecule has 0 aromatic carbocycles. The fraction of sp³-hybridized carbons (Fsp3) is 0.636. The van der Waals surface area contributed by atoms with Gasteiger partial charge in [0.05, 0.1) is 17.6 Å². The molecule has 20 heavy (non-hydrogen) atoms. The second-order valence-corrected chi connectivity index (χ2v) is 7.09. The molecule has 0 atom stereocenters. The van der Waals surface area contributed by atoms with Crippen LogP contribution in [0.25, 0.3) is 0 Å². The van der Waals surface area contributed by atoms with Gasteiger partial charge in [0.15, 0.2) is 5.03 Å². The minimum atomic E-state index is -3.91. The van der Waals surface area contributed by atoms with Crippen molar-refractivity contribution in [3.8, 4) is 0 Å². The maximum absolute atomic E-state index is 12.4. The third-order valence-corrected chi connectivity index (χ3v) is 5.58. The number of aliphatic carboxylic acids is 1. The summed E-state index contributed by atoms with van der Waals surface area (Å²) in [7, 11) is -2.44. The molecule has 0 saturated heterocycles. The Morgan fingerprint density at radius 2 is 2.15 bits per heavy atom. The topological polar surface area (TPSA) is 101 Å².